The summed E-state index contributed by atoms with van der Waals surface area (Å²) in [5.41, 5.74) is 6.94. The molecule has 0 bridgehead atoms. The second-order valence-corrected chi connectivity index (χ2v) is 10.1. The fraction of sp³-hybridized carbons (Fsp3) is 0.423. The van der Waals surface area contributed by atoms with Gasteiger partial charge in [0.15, 0.2) is 0 Å². The van der Waals surface area contributed by atoms with Crippen molar-refractivity contribution in [3.63, 3.8) is 0 Å². The summed E-state index contributed by atoms with van der Waals surface area (Å²) in [4.78, 5) is 26.8. The first-order valence-corrected chi connectivity index (χ1v) is 13.0. The molecule has 2 aromatic heterocycles. The summed E-state index contributed by atoms with van der Waals surface area (Å²) in [5.74, 6) is 0.0835. The Balaban J connectivity index is 1.62. The molecule has 0 aliphatic carbocycles. The van der Waals surface area contributed by atoms with Gasteiger partial charge in [0.05, 0.1) is 36.4 Å². The van der Waals surface area contributed by atoms with Crippen LogP contribution >= 0.6 is 11.3 Å². The number of nitrogens with zero attached hydrogens (tertiary/aromatic N) is 2. The molecule has 2 aliphatic rings. The Bertz CT molecular complexity index is 1370. The van der Waals surface area contributed by atoms with E-state index in [4.69, 9.17) is 24.7 Å². The average molecular weight is 527 g/mol. The Kier molecular flexibility index (Phi) is 7.45. The molecule has 5 rings (SSSR count). The van der Waals surface area contributed by atoms with E-state index in [0.717, 1.165) is 28.8 Å². The number of hydrogen-bond donors (Lipinski definition) is 2. The highest BCUT2D eigenvalue weighted by Gasteiger charge is 2.28. The molecule has 1 saturated heterocycles. The van der Waals surface area contributed by atoms with Gasteiger partial charge in [-0.2, -0.15) is 5.10 Å². The van der Waals surface area contributed by atoms with Crippen LogP contribution in [0.4, 0.5) is 0 Å². The molecule has 1 fully saturated rings. The SMILES string of the molecule is COc1ccccc1C(Cn1nc(CC(N)=O)c(=O)c2c(C)c(C3NC=CO3)sc21)OC1CCOCC1. The number of benzene rings is 1. The van der Waals surface area contributed by atoms with Gasteiger partial charge in [0, 0.05) is 25.0 Å². The molecule has 37 heavy (non-hydrogen) atoms. The van der Waals surface area contributed by atoms with Crippen LogP contribution in [0.25, 0.3) is 10.2 Å². The number of aryl methyl sites for hydroxylation is 1. The fourth-order valence-corrected chi connectivity index (χ4v) is 6.03. The summed E-state index contributed by atoms with van der Waals surface area (Å²) in [7, 11) is 1.63. The summed E-state index contributed by atoms with van der Waals surface area (Å²) >= 11 is 1.43. The Morgan fingerprint density at radius 1 is 1.32 bits per heavy atom. The van der Waals surface area contributed by atoms with Crippen molar-refractivity contribution in [1.82, 2.24) is 15.1 Å². The Morgan fingerprint density at radius 2 is 2.11 bits per heavy atom. The molecular weight excluding hydrogens is 496 g/mol. The van der Waals surface area contributed by atoms with Crippen LogP contribution in [0.3, 0.4) is 0 Å². The number of carbonyl (C=O) groups is 1. The Labute approximate surface area is 218 Å². The number of fused-ring (bicyclic) bond motifs is 1. The smallest absolute Gasteiger partial charge is 0.223 e. The van der Waals surface area contributed by atoms with Crippen LogP contribution in [0.2, 0.25) is 0 Å². The second kappa shape index (κ2) is 10.9. The van der Waals surface area contributed by atoms with Crippen LogP contribution in [0.5, 0.6) is 5.75 Å². The van der Waals surface area contributed by atoms with Crippen molar-refractivity contribution in [3.8, 4) is 5.75 Å². The van der Waals surface area contributed by atoms with Gasteiger partial charge in [0.25, 0.3) is 0 Å². The number of para-hydroxylation sites is 1. The summed E-state index contributed by atoms with van der Waals surface area (Å²) in [6.45, 7) is 3.47. The largest absolute Gasteiger partial charge is 0.496 e. The normalized spacial score (nSPS) is 18.5. The zero-order valence-corrected chi connectivity index (χ0v) is 21.6. The van der Waals surface area contributed by atoms with Crippen molar-refractivity contribution in [2.75, 3.05) is 20.3 Å². The first-order valence-electron chi connectivity index (χ1n) is 12.2. The molecule has 2 aliphatic heterocycles. The molecule has 0 spiro atoms. The second-order valence-electron chi connectivity index (χ2n) is 9.04. The number of hydrogen-bond acceptors (Lipinski definition) is 9. The summed E-state index contributed by atoms with van der Waals surface area (Å²) in [5, 5.41) is 8.28. The molecule has 0 radical (unpaired) electrons. The quantitative estimate of drug-likeness (QED) is 0.436. The topological polar surface area (TPSA) is 127 Å². The van der Waals surface area contributed by atoms with Gasteiger partial charge in [-0.25, -0.2) is 0 Å². The Morgan fingerprint density at radius 3 is 2.81 bits per heavy atom. The molecule has 3 aromatic rings. The zero-order chi connectivity index (χ0) is 25.9. The maximum Gasteiger partial charge on any atom is 0.223 e. The molecule has 1 amide bonds. The van der Waals surface area contributed by atoms with Crippen LogP contribution in [-0.2, 0) is 32.0 Å². The van der Waals surface area contributed by atoms with Crippen molar-refractivity contribution in [1.29, 1.82) is 0 Å². The molecule has 196 valence electrons. The van der Waals surface area contributed by atoms with Crippen LogP contribution in [0.1, 0.15) is 46.9 Å². The third kappa shape index (κ3) is 5.20. The van der Waals surface area contributed by atoms with E-state index in [2.05, 4.69) is 10.4 Å². The van der Waals surface area contributed by atoms with Gasteiger partial charge >= 0.3 is 0 Å². The fourth-order valence-electron chi connectivity index (χ4n) is 4.77. The number of carbonyl (C=O) groups excluding carboxylic acids is 1. The maximum absolute atomic E-state index is 13.4. The summed E-state index contributed by atoms with van der Waals surface area (Å²) in [6, 6.07) is 7.72. The molecule has 0 saturated carbocycles. The minimum Gasteiger partial charge on any atom is -0.496 e. The lowest BCUT2D eigenvalue weighted by Crippen LogP contribution is -2.29. The van der Waals surface area contributed by atoms with Gasteiger partial charge in [-0.15, -0.1) is 11.3 Å². The molecule has 4 heterocycles. The monoisotopic (exact) mass is 526 g/mol. The van der Waals surface area contributed by atoms with Crippen molar-refractivity contribution in [3.05, 3.63) is 68.6 Å². The molecule has 11 heteroatoms. The highest BCUT2D eigenvalue weighted by Crippen LogP contribution is 2.37. The van der Waals surface area contributed by atoms with Gasteiger partial charge in [0.1, 0.15) is 28.6 Å². The number of methoxy groups -OCH3 is 1. The van der Waals surface area contributed by atoms with E-state index in [1.807, 2.05) is 31.2 Å². The number of primary amides is 1. The first kappa shape index (κ1) is 25.2. The predicted molar refractivity (Wildman–Crippen MR) is 138 cm³/mol. The summed E-state index contributed by atoms with van der Waals surface area (Å²) < 4.78 is 25.2. The third-order valence-corrected chi connectivity index (χ3v) is 7.94. The minimum atomic E-state index is -0.617. The van der Waals surface area contributed by atoms with Gasteiger partial charge in [-0.1, -0.05) is 18.2 Å². The molecule has 3 N–H and O–H groups in total. The number of aromatic nitrogens is 2. The van der Waals surface area contributed by atoms with Crippen molar-refractivity contribution in [2.24, 2.45) is 5.73 Å². The van der Waals surface area contributed by atoms with Crippen molar-refractivity contribution >= 4 is 27.5 Å². The van der Waals surface area contributed by atoms with Gasteiger partial charge in [-0.3, -0.25) is 14.3 Å². The molecule has 10 nitrogen and oxygen atoms in total. The summed E-state index contributed by atoms with van der Waals surface area (Å²) in [6.07, 6.45) is 3.80. The lowest BCUT2D eigenvalue weighted by Gasteiger charge is -2.29. The highest BCUT2D eigenvalue weighted by atomic mass is 32.1. The van der Waals surface area contributed by atoms with Crippen molar-refractivity contribution < 1.29 is 23.7 Å². The van der Waals surface area contributed by atoms with Gasteiger partial charge in [-0.05, 0) is 31.4 Å². The minimum absolute atomic E-state index is 0.00595. The number of ether oxygens (including phenoxy) is 4. The highest BCUT2D eigenvalue weighted by molar-refractivity contribution is 7.19. The number of nitrogens with two attached hydrogens (primary N) is 1. The van der Waals surface area contributed by atoms with Gasteiger partial charge < -0.3 is 30.0 Å². The van der Waals surface area contributed by atoms with Crippen LogP contribution in [0, 0.1) is 6.92 Å². The number of nitrogens with one attached hydrogen (secondary N) is 1. The van der Waals surface area contributed by atoms with Crippen LogP contribution in [-0.4, -0.2) is 42.1 Å². The van der Waals surface area contributed by atoms with E-state index in [0.29, 0.717) is 35.7 Å². The maximum atomic E-state index is 13.4. The lowest BCUT2D eigenvalue weighted by atomic mass is 10.1. The average Bonchev–Trinajstić information content (AvgIpc) is 3.55. The van der Waals surface area contributed by atoms with E-state index >= 15 is 0 Å². The van der Waals surface area contributed by atoms with Crippen LogP contribution < -0.4 is 21.2 Å². The molecule has 2 atom stereocenters. The number of amides is 1. The third-order valence-electron chi connectivity index (χ3n) is 6.59. The van der Waals surface area contributed by atoms with E-state index in [1.165, 1.54) is 11.3 Å². The molecule has 2 unspecified atom stereocenters. The van der Waals surface area contributed by atoms with E-state index in [9.17, 15) is 9.59 Å². The number of rotatable bonds is 9. The first-order chi connectivity index (χ1) is 18.0. The van der Waals surface area contributed by atoms with E-state index < -0.39 is 18.2 Å². The lowest BCUT2D eigenvalue weighted by molar-refractivity contribution is -0.117. The van der Waals surface area contributed by atoms with Gasteiger partial charge in [0.2, 0.25) is 17.6 Å². The van der Waals surface area contributed by atoms with Crippen molar-refractivity contribution in [2.45, 2.75) is 51.2 Å². The molecule has 1 aromatic carbocycles. The predicted octanol–water partition coefficient (Wildman–Crippen LogP) is 2.83. The van der Waals surface area contributed by atoms with Crippen LogP contribution in [0.15, 0.2) is 41.5 Å². The number of thiophene rings is 1. The van der Waals surface area contributed by atoms with E-state index in [1.54, 1.807) is 24.3 Å². The zero-order valence-electron chi connectivity index (χ0n) is 20.8. The molecular formula is C26H30N4O6S. The van der Waals surface area contributed by atoms with E-state index in [-0.39, 0.29) is 23.6 Å². The standard InChI is InChI=1S/C26H30N4O6S/c1-15-22-23(32)18(13-21(27)31)29-30(26(22)37-24(15)25-28-9-12-35-25)14-20(36-16-7-10-34-11-8-16)17-5-3-4-6-19(17)33-2/h3-6,9,12,16,20,25,28H,7-8,10-11,13-14H2,1-2H3,(H2,27,31). The Hall–Kier alpha value is -3.41.